The van der Waals surface area contributed by atoms with Gasteiger partial charge in [0.15, 0.2) is 12.4 Å². The Hall–Kier alpha value is -2.89. The Morgan fingerprint density at radius 2 is 1.92 bits per heavy atom. The second-order valence-corrected chi connectivity index (χ2v) is 5.51. The topological polar surface area (TPSA) is 77.5 Å². The van der Waals surface area contributed by atoms with Gasteiger partial charge in [-0.25, -0.2) is 0 Å². The maximum absolute atomic E-state index is 11.8. The molecule has 2 rings (SSSR count). The first-order chi connectivity index (χ1) is 12.1. The lowest BCUT2D eigenvalue weighted by Crippen LogP contribution is -2.36. The fourth-order valence-corrected chi connectivity index (χ4v) is 2.09. The maximum atomic E-state index is 11.8. The third kappa shape index (κ3) is 6.25. The summed E-state index contributed by atoms with van der Waals surface area (Å²) in [4.78, 5) is 27.4. The second kappa shape index (κ2) is 9.42. The summed E-state index contributed by atoms with van der Waals surface area (Å²) >= 11 is 0. The first-order valence-corrected chi connectivity index (χ1v) is 8.18. The molecule has 1 aromatic heterocycles. The molecule has 132 valence electrons. The van der Waals surface area contributed by atoms with E-state index in [4.69, 9.17) is 9.47 Å². The van der Waals surface area contributed by atoms with Gasteiger partial charge in [0.05, 0.1) is 12.7 Å². The van der Waals surface area contributed by atoms with Gasteiger partial charge in [0, 0.05) is 18.2 Å². The van der Waals surface area contributed by atoms with Gasteiger partial charge in [-0.15, -0.1) is 0 Å². The Bertz CT molecular complexity index is 686. The molecule has 0 aliphatic rings. The molecule has 1 aromatic carbocycles. The zero-order chi connectivity index (χ0) is 18.1. The van der Waals surface area contributed by atoms with Crippen molar-refractivity contribution in [1.82, 2.24) is 10.3 Å². The summed E-state index contributed by atoms with van der Waals surface area (Å²) in [5, 5.41) is 2.75. The summed E-state index contributed by atoms with van der Waals surface area (Å²) in [5.74, 6) is 1.03. The van der Waals surface area contributed by atoms with Crippen molar-refractivity contribution in [2.75, 3.05) is 13.2 Å². The Labute approximate surface area is 147 Å². The summed E-state index contributed by atoms with van der Waals surface area (Å²) < 4.78 is 11.0. The first-order valence-electron chi connectivity index (χ1n) is 8.18. The highest BCUT2D eigenvalue weighted by Crippen LogP contribution is 2.13. The highest BCUT2D eigenvalue weighted by molar-refractivity contribution is 5.95. The lowest BCUT2D eigenvalue weighted by atomic mass is 10.1. The van der Waals surface area contributed by atoms with E-state index in [2.05, 4.69) is 10.3 Å². The summed E-state index contributed by atoms with van der Waals surface area (Å²) in [7, 11) is 0. The molecule has 0 saturated carbocycles. The quantitative estimate of drug-likeness (QED) is 0.709. The molecule has 0 fully saturated rings. The molecule has 0 saturated heterocycles. The van der Waals surface area contributed by atoms with Gasteiger partial charge < -0.3 is 14.8 Å². The van der Waals surface area contributed by atoms with Gasteiger partial charge in [-0.2, -0.15) is 0 Å². The highest BCUT2D eigenvalue weighted by Gasteiger charge is 2.08. The number of carbonyl (C=O) groups is 2. The minimum Gasteiger partial charge on any atom is -0.487 e. The van der Waals surface area contributed by atoms with Crippen molar-refractivity contribution in [2.45, 2.75) is 26.4 Å². The molecule has 0 aliphatic carbocycles. The number of amides is 1. The number of benzene rings is 1. The van der Waals surface area contributed by atoms with Gasteiger partial charge in [0.25, 0.3) is 5.91 Å². The molecule has 0 unspecified atom stereocenters. The number of ether oxygens (including phenoxy) is 2. The zero-order valence-corrected chi connectivity index (χ0v) is 14.4. The normalized spacial score (nSPS) is 11.4. The molecule has 1 heterocycles. The average Bonchev–Trinajstić information content (AvgIpc) is 2.65. The van der Waals surface area contributed by atoms with E-state index in [-0.39, 0.29) is 24.4 Å². The van der Waals surface area contributed by atoms with Crippen LogP contribution in [0.3, 0.4) is 0 Å². The number of pyridine rings is 1. The molecule has 6 nitrogen and oxygen atoms in total. The molecular formula is C19H22N2O4. The average molecular weight is 342 g/mol. The van der Waals surface area contributed by atoms with Gasteiger partial charge in [0.2, 0.25) is 0 Å². The fourth-order valence-electron chi connectivity index (χ4n) is 2.09. The van der Waals surface area contributed by atoms with Gasteiger partial charge in [-0.1, -0.05) is 6.92 Å². The molecule has 0 radical (unpaired) electrons. The van der Waals surface area contributed by atoms with Crippen LogP contribution < -0.4 is 14.8 Å². The van der Waals surface area contributed by atoms with Gasteiger partial charge >= 0.3 is 0 Å². The van der Waals surface area contributed by atoms with E-state index in [1.54, 1.807) is 48.8 Å². The Morgan fingerprint density at radius 3 is 2.56 bits per heavy atom. The van der Waals surface area contributed by atoms with Gasteiger partial charge in [0.1, 0.15) is 17.6 Å². The number of carbonyl (C=O) groups excluding carboxylic acids is 2. The standard InChI is InChI=1S/C19H22N2O4/c1-3-18(22)15-6-8-16(9-7-15)24-13-19(23)21-11-14(2)25-17-5-4-10-20-12-17/h4-10,12,14H,3,11,13H2,1-2H3,(H,21,23)/t14-/m0/s1. The molecule has 2 aromatic rings. The van der Waals surface area contributed by atoms with Crippen LogP contribution in [0.5, 0.6) is 11.5 Å². The fraction of sp³-hybridized carbons (Fsp3) is 0.316. The van der Waals surface area contributed by atoms with E-state index in [9.17, 15) is 9.59 Å². The van der Waals surface area contributed by atoms with Crippen molar-refractivity contribution in [1.29, 1.82) is 0 Å². The van der Waals surface area contributed by atoms with Crippen molar-refractivity contribution >= 4 is 11.7 Å². The number of Topliss-reactive ketones (excluding diaryl/α,β-unsaturated/α-hetero) is 1. The van der Waals surface area contributed by atoms with E-state index in [0.717, 1.165) is 0 Å². The predicted molar refractivity (Wildman–Crippen MR) is 93.9 cm³/mol. The van der Waals surface area contributed by atoms with Crippen LogP contribution in [0, 0.1) is 0 Å². The van der Waals surface area contributed by atoms with Crippen molar-refractivity contribution in [3.8, 4) is 11.5 Å². The lowest BCUT2D eigenvalue weighted by molar-refractivity contribution is -0.123. The van der Waals surface area contributed by atoms with Crippen LogP contribution in [-0.2, 0) is 4.79 Å². The minimum atomic E-state index is -0.240. The van der Waals surface area contributed by atoms with E-state index in [1.807, 2.05) is 13.8 Å². The predicted octanol–water partition coefficient (Wildman–Crippen LogP) is 2.64. The second-order valence-electron chi connectivity index (χ2n) is 5.51. The first kappa shape index (κ1) is 18.4. The molecule has 0 aliphatic heterocycles. The van der Waals surface area contributed by atoms with Crippen LogP contribution in [0.4, 0.5) is 0 Å². The third-order valence-electron chi connectivity index (χ3n) is 3.43. The van der Waals surface area contributed by atoms with Crippen LogP contribution in [0.2, 0.25) is 0 Å². The molecule has 25 heavy (non-hydrogen) atoms. The van der Waals surface area contributed by atoms with Crippen molar-refractivity contribution in [3.05, 3.63) is 54.4 Å². The van der Waals surface area contributed by atoms with E-state index in [0.29, 0.717) is 30.0 Å². The minimum absolute atomic E-state index is 0.0758. The molecule has 0 bridgehead atoms. The SMILES string of the molecule is CCC(=O)c1ccc(OCC(=O)NC[C@H](C)Oc2cccnc2)cc1. The Morgan fingerprint density at radius 1 is 1.16 bits per heavy atom. The number of nitrogens with one attached hydrogen (secondary N) is 1. The number of ketones is 1. The third-order valence-corrected chi connectivity index (χ3v) is 3.43. The van der Waals surface area contributed by atoms with Crippen LogP contribution in [-0.4, -0.2) is 35.9 Å². The molecule has 1 N–H and O–H groups in total. The van der Waals surface area contributed by atoms with Crippen LogP contribution in [0.1, 0.15) is 30.6 Å². The molecular weight excluding hydrogens is 320 g/mol. The molecule has 1 amide bonds. The zero-order valence-electron chi connectivity index (χ0n) is 14.4. The largest absolute Gasteiger partial charge is 0.487 e. The monoisotopic (exact) mass is 342 g/mol. The Kier molecular flexibility index (Phi) is 6.95. The van der Waals surface area contributed by atoms with Gasteiger partial charge in [-0.3, -0.25) is 14.6 Å². The number of nitrogens with zero attached hydrogens (tertiary/aromatic N) is 1. The van der Waals surface area contributed by atoms with Crippen molar-refractivity contribution in [3.63, 3.8) is 0 Å². The Balaban J connectivity index is 1.70. The summed E-state index contributed by atoms with van der Waals surface area (Å²) in [6.45, 7) is 3.94. The van der Waals surface area contributed by atoms with Crippen molar-refractivity contribution in [2.24, 2.45) is 0 Å². The van der Waals surface area contributed by atoms with E-state index < -0.39 is 0 Å². The number of hydrogen-bond acceptors (Lipinski definition) is 5. The van der Waals surface area contributed by atoms with Crippen LogP contribution >= 0.6 is 0 Å². The molecule has 1 atom stereocenters. The number of rotatable bonds is 9. The number of aromatic nitrogens is 1. The maximum Gasteiger partial charge on any atom is 0.258 e. The van der Waals surface area contributed by atoms with E-state index >= 15 is 0 Å². The summed E-state index contributed by atoms with van der Waals surface area (Å²) in [6.07, 6.45) is 3.56. The van der Waals surface area contributed by atoms with Crippen molar-refractivity contribution < 1.29 is 19.1 Å². The summed E-state index contributed by atoms with van der Waals surface area (Å²) in [6, 6.07) is 10.4. The lowest BCUT2D eigenvalue weighted by Gasteiger charge is -2.15. The van der Waals surface area contributed by atoms with Crippen LogP contribution in [0.15, 0.2) is 48.8 Å². The molecule has 6 heteroatoms. The van der Waals surface area contributed by atoms with Gasteiger partial charge in [-0.05, 0) is 43.3 Å². The highest BCUT2D eigenvalue weighted by atomic mass is 16.5. The summed E-state index contributed by atoms with van der Waals surface area (Å²) in [5.41, 5.74) is 0.640. The van der Waals surface area contributed by atoms with E-state index in [1.165, 1.54) is 0 Å². The number of hydrogen-bond donors (Lipinski definition) is 1. The molecule has 0 spiro atoms. The van der Waals surface area contributed by atoms with Crippen LogP contribution in [0.25, 0.3) is 0 Å². The smallest absolute Gasteiger partial charge is 0.258 e.